The monoisotopic (exact) mass is 411 g/mol. The summed E-state index contributed by atoms with van der Waals surface area (Å²) in [5, 5.41) is 17.4. The molecule has 0 unspecified atom stereocenters. The number of carboxylic acid groups (broad SMARTS) is 1. The smallest absolute Gasteiger partial charge is 0.339 e. The van der Waals surface area contributed by atoms with E-state index in [1.807, 2.05) is 44.4 Å². The topological polar surface area (TPSA) is 116 Å². The lowest BCUT2D eigenvalue weighted by atomic mass is 10.1. The molecule has 3 N–H and O–H groups in total. The Morgan fingerprint density at radius 1 is 1.17 bits per heavy atom. The number of ether oxygens (including phenoxy) is 1. The third kappa shape index (κ3) is 5.79. The van der Waals surface area contributed by atoms with Gasteiger partial charge in [-0.25, -0.2) is 9.78 Å². The number of carboxylic acids is 1. The number of nitrogens with zero attached hydrogens (tertiary/aromatic N) is 4. The third-order valence-corrected chi connectivity index (χ3v) is 4.49. The first-order valence-electron chi connectivity index (χ1n) is 10.0. The second-order valence-electron chi connectivity index (χ2n) is 6.59. The van der Waals surface area contributed by atoms with E-state index in [1.54, 1.807) is 24.5 Å². The van der Waals surface area contributed by atoms with Crippen LogP contribution in [0.1, 0.15) is 48.2 Å². The highest BCUT2D eigenvalue weighted by atomic mass is 16.5. The second kappa shape index (κ2) is 10.9. The molecule has 8 nitrogen and oxygen atoms in total. The molecular weight excluding hydrogens is 382 g/mol. The molecule has 0 atom stereocenters. The minimum Gasteiger partial charge on any atom is -0.493 e. The molecule has 0 aliphatic carbocycles. The van der Waals surface area contributed by atoms with Gasteiger partial charge in [0.25, 0.3) is 0 Å². The highest BCUT2D eigenvalue weighted by Crippen LogP contribution is 2.24. The molecule has 2 heterocycles. The normalized spacial score (nSPS) is 10.3. The molecule has 30 heavy (non-hydrogen) atoms. The number of aryl methyl sites for hydroxylation is 3. The van der Waals surface area contributed by atoms with Crippen molar-refractivity contribution < 1.29 is 14.6 Å². The average Bonchev–Trinajstić information content (AvgIpc) is 3.20. The first-order chi connectivity index (χ1) is 14.5. The van der Waals surface area contributed by atoms with E-state index in [9.17, 15) is 9.90 Å². The number of benzene rings is 1. The maximum atomic E-state index is 11.4. The Morgan fingerprint density at radius 3 is 2.60 bits per heavy atom. The number of hydrogen-bond donors (Lipinski definition) is 2. The SMILES string of the molecule is CC.Cc1cc(OCCCCn2cnnc2-c2cccc(N)n2)c(C(=O)O)cc1C. The number of unbranched alkanes of at least 4 members (excludes halogenated alkanes) is 1. The highest BCUT2D eigenvalue weighted by Gasteiger charge is 2.13. The summed E-state index contributed by atoms with van der Waals surface area (Å²) in [6, 6.07) is 8.82. The van der Waals surface area contributed by atoms with Crippen molar-refractivity contribution in [3.63, 3.8) is 0 Å². The zero-order valence-corrected chi connectivity index (χ0v) is 17.9. The van der Waals surface area contributed by atoms with Gasteiger partial charge in [-0.15, -0.1) is 10.2 Å². The van der Waals surface area contributed by atoms with Gasteiger partial charge in [0.1, 0.15) is 29.2 Å². The number of aromatic nitrogens is 4. The lowest BCUT2D eigenvalue weighted by Crippen LogP contribution is -2.07. The Labute approximate surface area is 176 Å². The number of nitrogen functional groups attached to an aromatic ring is 1. The first-order valence-corrected chi connectivity index (χ1v) is 10.0. The Kier molecular flexibility index (Phi) is 8.34. The molecular formula is C22H29N5O3. The van der Waals surface area contributed by atoms with Crippen LogP contribution in [0.4, 0.5) is 5.82 Å². The van der Waals surface area contributed by atoms with E-state index in [-0.39, 0.29) is 5.56 Å². The molecule has 160 valence electrons. The number of nitrogens with two attached hydrogens (primary N) is 1. The fourth-order valence-electron chi connectivity index (χ4n) is 2.84. The Bertz CT molecular complexity index is 985. The molecule has 0 saturated carbocycles. The Hall–Kier alpha value is -3.42. The lowest BCUT2D eigenvalue weighted by molar-refractivity contribution is 0.0692. The molecule has 0 spiro atoms. The summed E-state index contributed by atoms with van der Waals surface area (Å²) in [7, 11) is 0. The maximum absolute atomic E-state index is 11.4. The van der Waals surface area contributed by atoms with Gasteiger partial charge in [0.15, 0.2) is 5.82 Å². The van der Waals surface area contributed by atoms with E-state index in [1.165, 1.54) is 0 Å². The zero-order valence-electron chi connectivity index (χ0n) is 17.9. The van der Waals surface area contributed by atoms with Gasteiger partial charge in [-0.05, 0) is 62.1 Å². The molecule has 8 heteroatoms. The van der Waals surface area contributed by atoms with Gasteiger partial charge in [0, 0.05) is 6.54 Å². The van der Waals surface area contributed by atoms with Crippen molar-refractivity contribution in [3.8, 4) is 17.3 Å². The third-order valence-electron chi connectivity index (χ3n) is 4.49. The van der Waals surface area contributed by atoms with Gasteiger partial charge in [0.05, 0.1) is 6.61 Å². The summed E-state index contributed by atoms with van der Waals surface area (Å²) < 4.78 is 7.65. The van der Waals surface area contributed by atoms with Crippen molar-refractivity contribution in [2.24, 2.45) is 0 Å². The van der Waals surface area contributed by atoms with Gasteiger partial charge >= 0.3 is 5.97 Å². The number of rotatable bonds is 8. The van der Waals surface area contributed by atoms with Crippen LogP contribution in [0.2, 0.25) is 0 Å². The summed E-state index contributed by atoms with van der Waals surface area (Å²) in [5.74, 6) is 0.519. The van der Waals surface area contributed by atoms with E-state index < -0.39 is 5.97 Å². The van der Waals surface area contributed by atoms with Crippen LogP contribution in [-0.4, -0.2) is 37.4 Å². The largest absolute Gasteiger partial charge is 0.493 e. The van der Waals surface area contributed by atoms with E-state index in [0.717, 1.165) is 24.0 Å². The number of pyridine rings is 1. The first kappa shape index (κ1) is 22.9. The number of anilines is 1. The summed E-state index contributed by atoms with van der Waals surface area (Å²) in [5.41, 5.74) is 8.54. The van der Waals surface area contributed by atoms with Gasteiger partial charge in [0.2, 0.25) is 0 Å². The minimum atomic E-state index is -0.984. The Balaban J connectivity index is 0.00000155. The van der Waals surface area contributed by atoms with Crippen molar-refractivity contribution in [3.05, 3.63) is 53.3 Å². The molecule has 0 amide bonds. The van der Waals surface area contributed by atoms with Crippen LogP contribution in [0.5, 0.6) is 5.75 Å². The fourth-order valence-corrected chi connectivity index (χ4v) is 2.84. The molecule has 0 bridgehead atoms. The van der Waals surface area contributed by atoms with E-state index in [4.69, 9.17) is 10.5 Å². The highest BCUT2D eigenvalue weighted by molar-refractivity contribution is 5.91. The van der Waals surface area contributed by atoms with Gasteiger partial charge in [-0.1, -0.05) is 19.9 Å². The lowest BCUT2D eigenvalue weighted by Gasteiger charge is -2.12. The van der Waals surface area contributed by atoms with Crippen LogP contribution in [0.3, 0.4) is 0 Å². The average molecular weight is 412 g/mol. The van der Waals surface area contributed by atoms with E-state index in [2.05, 4.69) is 15.2 Å². The number of hydrogen-bond acceptors (Lipinski definition) is 6. The van der Waals surface area contributed by atoms with Crippen molar-refractivity contribution in [1.82, 2.24) is 19.7 Å². The molecule has 0 aliphatic heterocycles. The molecule has 3 rings (SSSR count). The molecule has 0 radical (unpaired) electrons. The summed E-state index contributed by atoms with van der Waals surface area (Å²) >= 11 is 0. The predicted molar refractivity (Wildman–Crippen MR) is 117 cm³/mol. The van der Waals surface area contributed by atoms with E-state index >= 15 is 0 Å². The zero-order chi connectivity index (χ0) is 22.1. The predicted octanol–water partition coefficient (Wildman–Crippen LogP) is 4.12. The molecule has 1 aromatic carbocycles. The number of aromatic carboxylic acids is 1. The molecule has 0 aliphatic rings. The second-order valence-corrected chi connectivity index (χ2v) is 6.59. The van der Waals surface area contributed by atoms with E-state index in [0.29, 0.717) is 36.2 Å². The molecule has 2 aromatic heterocycles. The Morgan fingerprint density at radius 2 is 1.90 bits per heavy atom. The minimum absolute atomic E-state index is 0.192. The standard InChI is InChI=1S/C20H23N5O3.C2H6/c1-13-10-15(20(26)27)17(11-14(13)2)28-9-4-3-8-25-12-22-24-19(25)16-6-5-7-18(21)23-16;1-2/h5-7,10-12H,3-4,8-9H2,1-2H3,(H2,21,23)(H,26,27);1-2H3. The van der Waals surface area contributed by atoms with Crippen LogP contribution in [0.25, 0.3) is 11.5 Å². The number of carbonyl (C=O) groups is 1. The van der Waals surface area contributed by atoms with Crippen LogP contribution >= 0.6 is 0 Å². The van der Waals surface area contributed by atoms with Crippen LogP contribution in [0.15, 0.2) is 36.7 Å². The van der Waals surface area contributed by atoms with Crippen molar-refractivity contribution in [1.29, 1.82) is 0 Å². The van der Waals surface area contributed by atoms with Crippen molar-refractivity contribution in [2.45, 2.75) is 47.1 Å². The van der Waals surface area contributed by atoms with Gasteiger partial charge in [-0.3, -0.25) is 0 Å². The summed E-state index contributed by atoms with van der Waals surface area (Å²) in [6.07, 6.45) is 3.24. The van der Waals surface area contributed by atoms with Crippen molar-refractivity contribution in [2.75, 3.05) is 12.3 Å². The van der Waals surface area contributed by atoms with Gasteiger partial charge in [-0.2, -0.15) is 0 Å². The van der Waals surface area contributed by atoms with Crippen LogP contribution < -0.4 is 10.5 Å². The molecule has 3 aromatic rings. The van der Waals surface area contributed by atoms with Gasteiger partial charge < -0.3 is 20.1 Å². The van der Waals surface area contributed by atoms with Crippen LogP contribution in [-0.2, 0) is 6.54 Å². The maximum Gasteiger partial charge on any atom is 0.339 e. The quantitative estimate of drug-likeness (QED) is 0.535. The molecule has 0 fully saturated rings. The van der Waals surface area contributed by atoms with Crippen LogP contribution in [0, 0.1) is 13.8 Å². The summed E-state index contributed by atoms with van der Waals surface area (Å²) in [6.45, 7) is 8.95. The molecule has 0 saturated heterocycles. The van der Waals surface area contributed by atoms with Crippen molar-refractivity contribution >= 4 is 11.8 Å². The fraction of sp³-hybridized carbons (Fsp3) is 0.364. The summed E-state index contributed by atoms with van der Waals surface area (Å²) in [4.78, 5) is 15.7.